The third kappa shape index (κ3) is 3.50. The molecule has 5 fully saturated rings. The van der Waals surface area contributed by atoms with Gasteiger partial charge in [-0.1, -0.05) is 12.8 Å². The lowest BCUT2D eigenvalue weighted by molar-refractivity contribution is -0.146. The van der Waals surface area contributed by atoms with Crippen LogP contribution in [0, 0.1) is 0 Å². The SMILES string of the molecule is O=C1CCCCC2(C(=O)NC3CC(NC(=O)C45CCCCC(=O)N4CCC5)C3)CCCN12. The van der Waals surface area contributed by atoms with Gasteiger partial charge in [-0.15, -0.1) is 0 Å². The van der Waals surface area contributed by atoms with Crippen LogP contribution < -0.4 is 10.6 Å². The highest BCUT2D eigenvalue weighted by Gasteiger charge is 2.52. The van der Waals surface area contributed by atoms with Gasteiger partial charge in [-0.3, -0.25) is 19.2 Å². The molecule has 2 unspecified atom stereocenters. The van der Waals surface area contributed by atoms with Crippen molar-refractivity contribution in [2.75, 3.05) is 13.1 Å². The zero-order valence-electron chi connectivity index (χ0n) is 19.0. The van der Waals surface area contributed by atoms with Crippen LogP contribution >= 0.6 is 0 Å². The van der Waals surface area contributed by atoms with E-state index < -0.39 is 11.1 Å². The quantitative estimate of drug-likeness (QED) is 0.688. The third-order valence-corrected chi connectivity index (χ3v) is 8.70. The first-order valence-corrected chi connectivity index (χ1v) is 12.7. The molecule has 0 spiro atoms. The predicted octanol–water partition coefficient (Wildman–Crippen LogP) is 1.62. The molecule has 0 aromatic carbocycles. The molecule has 8 nitrogen and oxygen atoms in total. The standard InChI is InChI=1S/C24H36N4O4/c29-19-7-1-3-9-23(11-5-13-27(19)23)21(31)25-17-15-18(16-17)26-22(32)24-10-4-2-8-20(30)28(24)14-6-12-24/h17-18H,1-16H2,(H,25,31)(H,26,32). The number of hydrogen-bond acceptors (Lipinski definition) is 4. The van der Waals surface area contributed by atoms with Crippen LogP contribution in [-0.2, 0) is 19.2 Å². The largest absolute Gasteiger partial charge is 0.351 e. The second-order valence-corrected chi connectivity index (χ2v) is 10.6. The molecule has 8 heteroatoms. The van der Waals surface area contributed by atoms with Crippen LogP contribution in [0.4, 0.5) is 0 Å². The van der Waals surface area contributed by atoms with Crippen molar-refractivity contribution in [3.63, 3.8) is 0 Å². The Bertz CT molecular complexity index is 746. The maximum atomic E-state index is 13.3. The van der Waals surface area contributed by atoms with Crippen molar-refractivity contribution in [1.29, 1.82) is 0 Å². The van der Waals surface area contributed by atoms with E-state index in [1.807, 2.05) is 9.80 Å². The van der Waals surface area contributed by atoms with Crippen molar-refractivity contribution in [1.82, 2.24) is 20.4 Å². The number of nitrogens with zero attached hydrogens (tertiary/aromatic N) is 2. The molecule has 32 heavy (non-hydrogen) atoms. The Balaban J connectivity index is 1.17. The topological polar surface area (TPSA) is 98.8 Å². The molecule has 0 radical (unpaired) electrons. The van der Waals surface area contributed by atoms with E-state index in [1.54, 1.807) is 0 Å². The molecule has 0 bridgehead atoms. The first-order chi connectivity index (χ1) is 15.4. The molecule has 4 aliphatic heterocycles. The normalized spacial score (nSPS) is 37.1. The van der Waals surface area contributed by atoms with E-state index in [-0.39, 0.29) is 35.7 Å². The van der Waals surface area contributed by atoms with Gasteiger partial charge in [0.05, 0.1) is 0 Å². The van der Waals surface area contributed by atoms with Crippen molar-refractivity contribution < 1.29 is 19.2 Å². The van der Waals surface area contributed by atoms with Gasteiger partial charge in [-0.05, 0) is 64.2 Å². The summed E-state index contributed by atoms with van der Waals surface area (Å²) < 4.78 is 0. The zero-order chi connectivity index (χ0) is 22.3. The minimum Gasteiger partial charge on any atom is -0.351 e. The fraction of sp³-hybridized carbons (Fsp3) is 0.833. The first kappa shape index (κ1) is 21.7. The monoisotopic (exact) mass is 444 g/mol. The van der Waals surface area contributed by atoms with Crippen molar-refractivity contribution in [3.05, 3.63) is 0 Å². The molecule has 4 amide bonds. The second kappa shape index (κ2) is 8.34. The highest BCUT2D eigenvalue weighted by atomic mass is 16.2. The van der Waals surface area contributed by atoms with E-state index in [0.717, 1.165) is 64.2 Å². The van der Waals surface area contributed by atoms with Crippen molar-refractivity contribution in [2.24, 2.45) is 0 Å². The summed E-state index contributed by atoms with van der Waals surface area (Å²) >= 11 is 0. The lowest BCUT2D eigenvalue weighted by Gasteiger charge is -2.43. The summed E-state index contributed by atoms with van der Waals surface area (Å²) in [6.07, 6.45) is 10.9. The summed E-state index contributed by atoms with van der Waals surface area (Å²) in [5.41, 5.74) is -1.32. The van der Waals surface area contributed by atoms with Crippen LogP contribution in [-0.4, -0.2) is 69.7 Å². The average molecular weight is 445 g/mol. The molecule has 1 aliphatic carbocycles. The van der Waals surface area contributed by atoms with Crippen LogP contribution in [0.5, 0.6) is 0 Å². The molecule has 0 aromatic rings. The van der Waals surface area contributed by atoms with E-state index >= 15 is 0 Å². The molecule has 176 valence electrons. The van der Waals surface area contributed by atoms with Crippen molar-refractivity contribution in [3.8, 4) is 0 Å². The maximum absolute atomic E-state index is 13.3. The lowest BCUT2D eigenvalue weighted by Crippen LogP contribution is -2.64. The van der Waals surface area contributed by atoms with E-state index in [4.69, 9.17) is 0 Å². The number of hydrogen-bond donors (Lipinski definition) is 2. The van der Waals surface area contributed by atoms with Gasteiger partial charge in [0.25, 0.3) is 0 Å². The maximum Gasteiger partial charge on any atom is 0.246 e. The fourth-order valence-corrected chi connectivity index (χ4v) is 6.85. The van der Waals surface area contributed by atoms with E-state index in [1.165, 1.54) is 0 Å². The van der Waals surface area contributed by atoms with Gasteiger partial charge in [0.1, 0.15) is 11.1 Å². The molecule has 2 N–H and O–H groups in total. The number of carbonyl (C=O) groups excluding carboxylic acids is 4. The molecule has 5 rings (SSSR count). The molecule has 5 aliphatic rings. The van der Waals surface area contributed by atoms with Gasteiger partial charge in [0.15, 0.2) is 0 Å². The second-order valence-electron chi connectivity index (χ2n) is 10.6. The van der Waals surface area contributed by atoms with Gasteiger partial charge in [0.2, 0.25) is 23.6 Å². The number of rotatable bonds is 4. The van der Waals surface area contributed by atoms with Crippen LogP contribution in [0.2, 0.25) is 0 Å². The Morgan fingerprint density at radius 2 is 1.06 bits per heavy atom. The van der Waals surface area contributed by atoms with Crippen LogP contribution in [0.3, 0.4) is 0 Å². The van der Waals surface area contributed by atoms with E-state index in [2.05, 4.69) is 10.6 Å². The summed E-state index contributed by atoms with van der Waals surface area (Å²) in [4.78, 5) is 55.2. The summed E-state index contributed by atoms with van der Waals surface area (Å²) in [5, 5.41) is 6.38. The van der Waals surface area contributed by atoms with Gasteiger partial charge in [-0.2, -0.15) is 0 Å². The van der Waals surface area contributed by atoms with Crippen molar-refractivity contribution >= 4 is 23.6 Å². The highest BCUT2D eigenvalue weighted by Crippen LogP contribution is 2.40. The van der Waals surface area contributed by atoms with Gasteiger partial charge >= 0.3 is 0 Å². The molecule has 4 saturated heterocycles. The lowest BCUT2D eigenvalue weighted by atomic mass is 9.82. The van der Waals surface area contributed by atoms with Gasteiger partial charge < -0.3 is 20.4 Å². The molecule has 2 atom stereocenters. The highest BCUT2D eigenvalue weighted by molar-refractivity contribution is 5.94. The minimum atomic E-state index is -0.661. The molecular weight excluding hydrogens is 408 g/mol. The molecular formula is C24H36N4O4. The first-order valence-electron chi connectivity index (χ1n) is 12.7. The van der Waals surface area contributed by atoms with Gasteiger partial charge in [0, 0.05) is 38.0 Å². The Labute approximate surface area is 189 Å². The third-order valence-electron chi connectivity index (χ3n) is 8.70. The Kier molecular flexibility index (Phi) is 5.66. The average Bonchev–Trinajstić information content (AvgIpc) is 3.30. The van der Waals surface area contributed by atoms with Crippen LogP contribution in [0.25, 0.3) is 0 Å². The smallest absolute Gasteiger partial charge is 0.246 e. The Morgan fingerprint density at radius 3 is 1.50 bits per heavy atom. The number of fused-ring (bicyclic) bond motifs is 2. The number of nitrogens with one attached hydrogen (secondary N) is 2. The Morgan fingerprint density at radius 1 is 0.656 bits per heavy atom. The van der Waals surface area contributed by atoms with Gasteiger partial charge in [-0.25, -0.2) is 0 Å². The summed E-state index contributed by atoms with van der Waals surface area (Å²) in [6.45, 7) is 1.37. The summed E-state index contributed by atoms with van der Waals surface area (Å²) in [7, 11) is 0. The summed E-state index contributed by atoms with van der Waals surface area (Å²) in [5.74, 6) is 0.226. The zero-order valence-corrected chi connectivity index (χ0v) is 19.0. The minimum absolute atomic E-state index is 0.00467. The van der Waals surface area contributed by atoms with Crippen LogP contribution in [0.15, 0.2) is 0 Å². The van der Waals surface area contributed by atoms with E-state index in [0.29, 0.717) is 38.8 Å². The van der Waals surface area contributed by atoms with E-state index in [9.17, 15) is 19.2 Å². The number of carbonyl (C=O) groups is 4. The fourth-order valence-electron chi connectivity index (χ4n) is 6.85. The molecule has 4 heterocycles. The molecule has 1 saturated carbocycles. The summed E-state index contributed by atoms with van der Waals surface area (Å²) in [6, 6.07) is 0.0758. The molecule has 0 aromatic heterocycles. The number of amides is 4. The van der Waals surface area contributed by atoms with Crippen molar-refractivity contribution in [2.45, 2.75) is 113 Å². The predicted molar refractivity (Wildman–Crippen MR) is 117 cm³/mol. The Hall–Kier alpha value is -2.12. The van der Waals surface area contributed by atoms with Crippen LogP contribution in [0.1, 0.15) is 89.9 Å².